The molecule has 2 N–H and O–H groups in total. The van der Waals surface area contributed by atoms with Crippen molar-refractivity contribution < 1.29 is 14.6 Å². The summed E-state index contributed by atoms with van der Waals surface area (Å²) in [4.78, 5) is 10.8. The molecule has 0 fully saturated rings. The zero-order valence-corrected chi connectivity index (χ0v) is 10.3. The second-order valence-corrected chi connectivity index (χ2v) is 4.13. The minimum absolute atomic E-state index is 0.432. The Morgan fingerprint density at radius 3 is 2.89 bits per heavy atom. The first-order valence-corrected chi connectivity index (χ1v) is 5.65. The van der Waals surface area contributed by atoms with Gasteiger partial charge in [-0.3, -0.25) is 5.10 Å². The molecule has 5 nitrogen and oxygen atoms in total. The van der Waals surface area contributed by atoms with Crippen molar-refractivity contribution in [1.29, 1.82) is 0 Å². The van der Waals surface area contributed by atoms with E-state index in [0.29, 0.717) is 22.0 Å². The third-order valence-electron chi connectivity index (χ3n) is 2.37. The van der Waals surface area contributed by atoms with Gasteiger partial charge in [0.05, 0.1) is 5.69 Å². The van der Waals surface area contributed by atoms with Gasteiger partial charge in [-0.25, -0.2) is 4.79 Å². The number of H-pyrrole nitrogens is 1. The fourth-order valence-corrected chi connectivity index (χ4v) is 1.63. The van der Waals surface area contributed by atoms with E-state index in [1.807, 2.05) is 0 Å². The second-order valence-electron chi connectivity index (χ2n) is 3.70. The van der Waals surface area contributed by atoms with E-state index in [1.54, 1.807) is 30.5 Å². The third kappa shape index (κ3) is 2.62. The van der Waals surface area contributed by atoms with Gasteiger partial charge in [-0.05, 0) is 31.2 Å². The summed E-state index contributed by atoms with van der Waals surface area (Å²) in [6.07, 6.45) is 0.726. The van der Waals surface area contributed by atoms with Crippen LogP contribution >= 0.6 is 11.6 Å². The summed E-state index contributed by atoms with van der Waals surface area (Å²) in [6.45, 7) is 1.46. The molecule has 1 heterocycles. The number of nitrogens with zero attached hydrogens (tertiary/aromatic N) is 1. The molecule has 0 bridgehead atoms. The third-order valence-corrected chi connectivity index (χ3v) is 2.60. The lowest BCUT2D eigenvalue weighted by atomic mass is 10.1. The van der Waals surface area contributed by atoms with Crippen LogP contribution in [0.15, 0.2) is 30.5 Å². The van der Waals surface area contributed by atoms with Gasteiger partial charge in [0.25, 0.3) is 0 Å². The first kappa shape index (κ1) is 12.4. The minimum Gasteiger partial charge on any atom is -0.479 e. The number of carbonyl (C=O) groups is 1. The van der Waals surface area contributed by atoms with Crippen molar-refractivity contribution in [2.75, 3.05) is 0 Å². The number of benzene rings is 1. The molecule has 0 amide bonds. The Labute approximate surface area is 108 Å². The smallest absolute Gasteiger partial charge is 0.344 e. The van der Waals surface area contributed by atoms with Crippen LogP contribution in [0.25, 0.3) is 11.3 Å². The molecule has 0 aliphatic carbocycles. The Kier molecular flexibility index (Phi) is 3.53. The van der Waals surface area contributed by atoms with Gasteiger partial charge in [0.2, 0.25) is 0 Å². The molecule has 0 spiro atoms. The van der Waals surface area contributed by atoms with E-state index >= 15 is 0 Å². The van der Waals surface area contributed by atoms with Gasteiger partial charge in [-0.1, -0.05) is 11.6 Å². The van der Waals surface area contributed by atoms with Crippen LogP contribution in [0.4, 0.5) is 0 Å². The SMILES string of the molecule is CC(Oc1ccc(Cl)cc1-c1cc[nH]n1)C(=O)O. The molecule has 0 aliphatic heterocycles. The van der Waals surface area contributed by atoms with Gasteiger partial charge >= 0.3 is 5.97 Å². The van der Waals surface area contributed by atoms with Crippen LogP contribution in [0, 0.1) is 0 Å². The Balaban J connectivity index is 2.38. The van der Waals surface area contributed by atoms with Crippen LogP contribution in [0.1, 0.15) is 6.92 Å². The van der Waals surface area contributed by atoms with E-state index in [1.165, 1.54) is 6.92 Å². The number of carboxylic acid groups (broad SMARTS) is 1. The molecule has 18 heavy (non-hydrogen) atoms. The standard InChI is InChI=1S/C12H11ClN2O3/c1-7(12(16)17)18-11-3-2-8(13)6-9(11)10-4-5-14-15-10/h2-7H,1H3,(H,14,15)(H,16,17). The molecule has 0 saturated heterocycles. The monoisotopic (exact) mass is 266 g/mol. The van der Waals surface area contributed by atoms with E-state index in [-0.39, 0.29) is 0 Å². The number of halogens is 1. The van der Waals surface area contributed by atoms with Crippen molar-refractivity contribution in [3.63, 3.8) is 0 Å². The lowest BCUT2D eigenvalue weighted by Crippen LogP contribution is -2.23. The van der Waals surface area contributed by atoms with Crippen molar-refractivity contribution in [3.8, 4) is 17.0 Å². The largest absolute Gasteiger partial charge is 0.479 e. The average molecular weight is 267 g/mol. The number of rotatable bonds is 4. The second kappa shape index (κ2) is 5.10. The lowest BCUT2D eigenvalue weighted by molar-refractivity contribution is -0.144. The van der Waals surface area contributed by atoms with Crippen LogP contribution in [0.5, 0.6) is 5.75 Å². The maximum atomic E-state index is 10.8. The molecule has 1 aromatic carbocycles. The molecule has 0 aliphatic rings. The number of aromatic amines is 1. The molecular weight excluding hydrogens is 256 g/mol. The molecule has 0 saturated carbocycles. The Bertz CT molecular complexity index is 554. The van der Waals surface area contributed by atoms with Crippen LogP contribution in [-0.4, -0.2) is 27.4 Å². The molecule has 94 valence electrons. The maximum Gasteiger partial charge on any atom is 0.344 e. The molecule has 1 unspecified atom stereocenters. The van der Waals surface area contributed by atoms with Gasteiger partial charge in [0.1, 0.15) is 5.75 Å². The number of nitrogens with one attached hydrogen (secondary N) is 1. The Hall–Kier alpha value is -2.01. The van der Waals surface area contributed by atoms with Gasteiger partial charge in [-0.15, -0.1) is 0 Å². The van der Waals surface area contributed by atoms with Crippen molar-refractivity contribution in [3.05, 3.63) is 35.5 Å². The minimum atomic E-state index is -1.03. The molecule has 0 radical (unpaired) electrons. The Morgan fingerprint density at radius 2 is 2.28 bits per heavy atom. The highest BCUT2D eigenvalue weighted by atomic mass is 35.5. The zero-order chi connectivity index (χ0) is 13.1. The average Bonchev–Trinajstić information content (AvgIpc) is 2.84. The summed E-state index contributed by atoms with van der Waals surface area (Å²) in [5, 5.41) is 16.1. The van der Waals surface area contributed by atoms with Gasteiger partial charge < -0.3 is 9.84 Å². The summed E-state index contributed by atoms with van der Waals surface area (Å²) < 4.78 is 5.37. The quantitative estimate of drug-likeness (QED) is 0.892. The highest BCUT2D eigenvalue weighted by Crippen LogP contribution is 2.31. The van der Waals surface area contributed by atoms with E-state index in [0.717, 1.165) is 0 Å². The summed E-state index contributed by atoms with van der Waals surface area (Å²) in [5.41, 5.74) is 1.29. The number of ether oxygens (including phenoxy) is 1. The normalized spacial score (nSPS) is 12.1. The van der Waals surface area contributed by atoms with Crippen LogP contribution in [0.2, 0.25) is 5.02 Å². The number of carboxylic acids is 1. The fourth-order valence-electron chi connectivity index (χ4n) is 1.46. The van der Waals surface area contributed by atoms with Gasteiger partial charge in [-0.2, -0.15) is 5.10 Å². The number of hydrogen-bond donors (Lipinski definition) is 2. The molecule has 1 atom stereocenters. The maximum absolute atomic E-state index is 10.8. The van der Waals surface area contributed by atoms with E-state index in [9.17, 15) is 4.79 Å². The Morgan fingerprint density at radius 1 is 1.50 bits per heavy atom. The summed E-state index contributed by atoms with van der Waals surface area (Å²) in [5.74, 6) is -0.598. The number of hydrogen-bond acceptors (Lipinski definition) is 3. The number of aromatic nitrogens is 2. The van der Waals surface area contributed by atoms with Crippen molar-refractivity contribution in [2.45, 2.75) is 13.0 Å². The topological polar surface area (TPSA) is 75.2 Å². The van der Waals surface area contributed by atoms with E-state index in [4.69, 9.17) is 21.4 Å². The molecular formula is C12H11ClN2O3. The lowest BCUT2D eigenvalue weighted by Gasteiger charge is -2.13. The predicted molar refractivity (Wildman–Crippen MR) is 66.8 cm³/mol. The summed E-state index contributed by atoms with van der Waals surface area (Å²) in [6, 6.07) is 6.71. The fraction of sp³-hybridized carbons (Fsp3) is 0.167. The van der Waals surface area contributed by atoms with Crippen LogP contribution in [0.3, 0.4) is 0 Å². The molecule has 6 heteroatoms. The van der Waals surface area contributed by atoms with Crippen LogP contribution in [-0.2, 0) is 4.79 Å². The summed E-state index contributed by atoms with van der Waals surface area (Å²) >= 11 is 5.92. The molecule has 1 aromatic heterocycles. The van der Waals surface area contributed by atoms with Crippen molar-refractivity contribution in [1.82, 2.24) is 10.2 Å². The van der Waals surface area contributed by atoms with E-state index in [2.05, 4.69) is 10.2 Å². The van der Waals surface area contributed by atoms with E-state index < -0.39 is 12.1 Å². The predicted octanol–water partition coefficient (Wildman–Crippen LogP) is 2.58. The highest BCUT2D eigenvalue weighted by Gasteiger charge is 2.16. The zero-order valence-electron chi connectivity index (χ0n) is 9.55. The first-order valence-electron chi connectivity index (χ1n) is 5.27. The summed E-state index contributed by atoms with van der Waals surface area (Å²) in [7, 11) is 0. The van der Waals surface area contributed by atoms with Crippen molar-refractivity contribution >= 4 is 17.6 Å². The van der Waals surface area contributed by atoms with Crippen LogP contribution < -0.4 is 4.74 Å². The van der Waals surface area contributed by atoms with Gasteiger partial charge in [0, 0.05) is 16.8 Å². The van der Waals surface area contributed by atoms with Crippen molar-refractivity contribution in [2.24, 2.45) is 0 Å². The molecule has 2 aromatic rings. The number of aliphatic carboxylic acids is 1. The highest BCUT2D eigenvalue weighted by molar-refractivity contribution is 6.30. The first-order chi connectivity index (χ1) is 8.58. The van der Waals surface area contributed by atoms with Gasteiger partial charge in [0.15, 0.2) is 6.10 Å². The molecule has 2 rings (SSSR count).